The first-order valence-corrected chi connectivity index (χ1v) is 7.31. The van der Waals surface area contributed by atoms with E-state index in [9.17, 15) is 0 Å². The number of nitrogens with one attached hydrogen (secondary N) is 2. The van der Waals surface area contributed by atoms with Gasteiger partial charge in [0.1, 0.15) is 5.75 Å². The second-order valence-corrected chi connectivity index (χ2v) is 5.70. The monoisotopic (exact) mass is 403 g/mol. The zero-order valence-corrected chi connectivity index (χ0v) is 15.5. The lowest BCUT2D eigenvalue weighted by molar-refractivity contribution is 0.242. The van der Waals surface area contributed by atoms with E-state index >= 15 is 0 Å². The first-order valence-electron chi connectivity index (χ1n) is 7.31. The van der Waals surface area contributed by atoms with Gasteiger partial charge in [-0.3, -0.25) is 4.99 Å². The number of halogens is 1. The van der Waals surface area contributed by atoms with Crippen molar-refractivity contribution in [1.29, 1.82) is 0 Å². The lowest BCUT2D eigenvalue weighted by Gasteiger charge is -2.13. The van der Waals surface area contributed by atoms with Crippen LogP contribution in [0.3, 0.4) is 0 Å². The number of ether oxygens (including phenoxy) is 1. The van der Waals surface area contributed by atoms with Crippen molar-refractivity contribution in [1.82, 2.24) is 10.6 Å². The predicted octanol–water partition coefficient (Wildman–Crippen LogP) is 3.17. The first-order chi connectivity index (χ1) is 9.58. The molecule has 1 aliphatic carbocycles. The molecule has 2 N–H and O–H groups in total. The normalized spacial score (nSPS) is 20.7. The molecule has 0 spiro atoms. The molecule has 0 amide bonds. The second-order valence-electron chi connectivity index (χ2n) is 5.70. The van der Waals surface area contributed by atoms with Gasteiger partial charge < -0.3 is 15.4 Å². The van der Waals surface area contributed by atoms with E-state index in [0.29, 0.717) is 6.04 Å². The van der Waals surface area contributed by atoms with E-state index in [1.54, 1.807) is 0 Å². The Morgan fingerprint density at radius 3 is 2.43 bits per heavy atom. The summed E-state index contributed by atoms with van der Waals surface area (Å²) in [5, 5.41) is 6.75. The predicted molar refractivity (Wildman–Crippen MR) is 98.5 cm³/mol. The zero-order valence-electron chi connectivity index (χ0n) is 13.2. The molecule has 0 bridgehead atoms. The van der Waals surface area contributed by atoms with E-state index in [1.165, 1.54) is 12.0 Å². The van der Waals surface area contributed by atoms with Gasteiger partial charge in [-0.25, -0.2) is 0 Å². The maximum Gasteiger partial charge on any atom is 0.191 e. The van der Waals surface area contributed by atoms with Crippen molar-refractivity contribution in [2.24, 2.45) is 10.9 Å². The molecule has 1 aromatic carbocycles. The Bertz CT molecular complexity index is 459. The van der Waals surface area contributed by atoms with Gasteiger partial charge in [-0.05, 0) is 43.9 Å². The molecule has 4 nitrogen and oxygen atoms in total. The Morgan fingerprint density at radius 2 is 1.95 bits per heavy atom. The molecule has 0 aromatic heterocycles. The summed E-state index contributed by atoms with van der Waals surface area (Å²) in [5.41, 5.74) is 1.22. The standard InChI is InChI=1S/C16H25N3O.HI/c1-11(2)20-14-7-5-13(6-8-14)10-18-16(17-4)19-15-9-12(15)3;/h5-8,11-12,15H,9-10H2,1-4H3,(H2,17,18,19);1H. The topological polar surface area (TPSA) is 45.7 Å². The molecule has 0 aliphatic heterocycles. The van der Waals surface area contributed by atoms with E-state index in [-0.39, 0.29) is 30.1 Å². The molecule has 2 atom stereocenters. The van der Waals surface area contributed by atoms with E-state index in [4.69, 9.17) is 4.74 Å². The van der Waals surface area contributed by atoms with Gasteiger partial charge in [-0.1, -0.05) is 19.1 Å². The van der Waals surface area contributed by atoms with Crippen LogP contribution in [0.1, 0.15) is 32.8 Å². The lowest BCUT2D eigenvalue weighted by atomic mass is 10.2. The number of rotatable bonds is 5. The SMILES string of the molecule is CN=C(NCc1ccc(OC(C)C)cc1)NC1CC1C.I. The minimum atomic E-state index is 0. The molecule has 0 radical (unpaired) electrons. The minimum absolute atomic E-state index is 0. The van der Waals surface area contributed by atoms with Crippen LogP contribution in [0.5, 0.6) is 5.75 Å². The molecule has 0 saturated heterocycles. The van der Waals surface area contributed by atoms with Gasteiger partial charge in [0.05, 0.1) is 6.10 Å². The Hall–Kier alpha value is -0.980. The molecule has 1 fully saturated rings. The smallest absolute Gasteiger partial charge is 0.191 e. The summed E-state index contributed by atoms with van der Waals surface area (Å²) in [6, 6.07) is 8.77. The third kappa shape index (κ3) is 6.11. The molecule has 2 unspecified atom stereocenters. The second kappa shape index (κ2) is 8.46. The Morgan fingerprint density at radius 1 is 1.33 bits per heavy atom. The number of aliphatic imine (C=N–C) groups is 1. The van der Waals surface area contributed by atoms with Crippen LogP contribution in [-0.2, 0) is 6.54 Å². The van der Waals surface area contributed by atoms with Crippen LogP contribution in [0.4, 0.5) is 0 Å². The number of nitrogens with zero attached hydrogens (tertiary/aromatic N) is 1. The fraction of sp³-hybridized carbons (Fsp3) is 0.562. The highest BCUT2D eigenvalue weighted by Gasteiger charge is 2.33. The summed E-state index contributed by atoms with van der Waals surface area (Å²) >= 11 is 0. The molecule has 5 heteroatoms. The van der Waals surface area contributed by atoms with Crippen LogP contribution >= 0.6 is 24.0 Å². The van der Waals surface area contributed by atoms with Crippen LogP contribution in [-0.4, -0.2) is 25.2 Å². The number of hydrogen-bond acceptors (Lipinski definition) is 2. The van der Waals surface area contributed by atoms with Crippen LogP contribution in [0, 0.1) is 5.92 Å². The third-order valence-corrected chi connectivity index (χ3v) is 3.41. The Kier molecular flexibility index (Phi) is 7.28. The maximum absolute atomic E-state index is 5.63. The fourth-order valence-corrected chi connectivity index (χ4v) is 2.04. The number of benzene rings is 1. The zero-order chi connectivity index (χ0) is 14.5. The number of guanidine groups is 1. The van der Waals surface area contributed by atoms with Gasteiger partial charge in [0, 0.05) is 19.6 Å². The van der Waals surface area contributed by atoms with E-state index in [2.05, 4.69) is 34.7 Å². The van der Waals surface area contributed by atoms with Gasteiger partial charge in [-0.15, -0.1) is 24.0 Å². The van der Waals surface area contributed by atoms with E-state index < -0.39 is 0 Å². The summed E-state index contributed by atoms with van der Waals surface area (Å²) in [7, 11) is 1.81. The third-order valence-electron chi connectivity index (χ3n) is 3.41. The average Bonchev–Trinajstić information content (AvgIpc) is 3.11. The van der Waals surface area contributed by atoms with Gasteiger partial charge in [0.15, 0.2) is 5.96 Å². The van der Waals surface area contributed by atoms with Gasteiger partial charge >= 0.3 is 0 Å². The van der Waals surface area contributed by atoms with Crippen molar-refractivity contribution in [3.63, 3.8) is 0 Å². The van der Waals surface area contributed by atoms with Crippen molar-refractivity contribution in [3.8, 4) is 5.75 Å². The summed E-state index contributed by atoms with van der Waals surface area (Å²) < 4.78 is 5.63. The minimum Gasteiger partial charge on any atom is -0.491 e. The molecule has 1 saturated carbocycles. The highest BCUT2D eigenvalue weighted by molar-refractivity contribution is 14.0. The van der Waals surface area contributed by atoms with Gasteiger partial charge in [0.2, 0.25) is 0 Å². The van der Waals surface area contributed by atoms with Crippen molar-refractivity contribution >= 4 is 29.9 Å². The van der Waals surface area contributed by atoms with Crippen LogP contribution in [0.2, 0.25) is 0 Å². The molecule has 118 valence electrons. The summed E-state index contributed by atoms with van der Waals surface area (Å²) in [4.78, 5) is 4.24. The van der Waals surface area contributed by atoms with E-state index in [0.717, 1.165) is 24.2 Å². The quantitative estimate of drug-likeness (QED) is 0.451. The number of hydrogen-bond donors (Lipinski definition) is 2. The molecule has 0 heterocycles. The molecule has 2 rings (SSSR count). The first kappa shape index (κ1) is 18.1. The average molecular weight is 403 g/mol. The highest BCUT2D eigenvalue weighted by Crippen LogP contribution is 2.28. The van der Waals surface area contributed by atoms with Crippen molar-refractivity contribution in [3.05, 3.63) is 29.8 Å². The van der Waals surface area contributed by atoms with Crippen LogP contribution in [0.25, 0.3) is 0 Å². The van der Waals surface area contributed by atoms with Crippen molar-refractivity contribution in [2.75, 3.05) is 7.05 Å². The summed E-state index contributed by atoms with van der Waals surface area (Å²) in [6.45, 7) is 7.08. The lowest BCUT2D eigenvalue weighted by Crippen LogP contribution is -2.38. The van der Waals surface area contributed by atoms with Gasteiger partial charge in [-0.2, -0.15) is 0 Å². The Labute approximate surface area is 144 Å². The maximum atomic E-state index is 5.63. The molecular weight excluding hydrogens is 377 g/mol. The Balaban J connectivity index is 0.00000220. The molecule has 1 aliphatic rings. The fourth-order valence-electron chi connectivity index (χ4n) is 2.04. The summed E-state index contributed by atoms with van der Waals surface area (Å²) in [6.07, 6.45) is 1.45. The molecule has 1 aromatic rings. The van der Waals surface area contributed by atoms with Crippen molar-refractivity contribution in [2.45, 2.75) is 45.9 Å². The van der Waals surface area contributed by atoms with Crippen LogP contribution < -0.4 is 15.4 Å². The highest BCUT2D eigenvalue weighted by atomic mass is 127. The van der Waals surface area contributed by atoms with Crippen LogP contribution in [0.15, 0.2) is 29.3 Å². The molecular formula is C16H26IN3O. The van der Waals surface area contributed by atoms with Crippen molar-refractivity contribution < 1.29 is 4.74 Å². The molecule has 21 heavy (non-hydrogen) atoms. The summed E-state index contributed by atoms with van der Waals surface area (Å²) in [5.74, 6) is 2.56. The van der Waals surface area contributed by atoms with E-state index in [1.807, 2.05) is 33.0 Å². The van der Waals surface area contributed by atoms with Gasteiger partial charge in [0.25, 0.3) is 0 Å². The largest absolute Gasteiger partial charge is 0.491 e.